The number of nitrogens with one attached hydrogen (secondary N) is 2. The van der Waals surface area contributed by atoms with Gasteiger partial charge in [0.15, 0.2) is 0 Å². The van der Waals surface area contributed by atoms with E-state index < -0.39 is 5.91 Å². The number of anilines is 1. The standard InChI is InChI=1S/C20H22N2O3S.C5H9NO2.C2H6/c23-19(9-5-8-14-6-3-1-2-4-7-14)21-16-10-11-17-15(12-16)13-18(26-17)20(24)22-25;6-5(7)4-2-1-3-8-4;1-2/h3,6-7,10-13,25H,1-2,4-5,8-9H2,(H,21,23)(H,22,24);4H,1-3H2,(H2,6,7);1-2H3. The fraction of sp³-hybridized carbons (Fsp3) is 0.444. The molecule has 1 unspecified atom stereocenters. The average Bonchev–Trinajstić information content (AvgIpc) is 3.51. The minimum atomic E-state index is -0.529. The van der Waals surface area contributed by atoms with Gasteiger partial charge in [0.25, 0.3) is 5.91 Å². The van der Waals surface area contributed by atoms with Gasteiger partial charge >= 0.3 is 0 Å². The van der Waals surface area contributed by atoms with E-state index in [1.807, 2.05) is 32.0 Å². The van der Waals surface area contributed by atoms with Crippen LogP contribution in [0.5, 0.6) is 0 Å². The molecular formula is C27H37N3O5S. The Labute approximate surface area is 216 Å². The molecule has 1 aliphatic heterocycles. The van der Waals surface area contributed by atoms with Gasteiger partial charge in [0.1, 0.15) is 6.10 Å². The van der Waals surface area contributed by atoms with E-state index in [0.29, 0.717) is 23.6 Å². The zero-order valence-electron chi connectivity index (χ0n) is 21.0. The molecule has 8 nitrogen and oxygen atoms in total. The minimum Gasteiger partial charge on any atom is -0.368 e. The van der Waals surface area contributed by atoms with Gasteiger partial charge in [0.2, 0.25) is 11.8 Å². The number of hydroxylamine groups is 1. The third-order valence-corrected chi connectivity index (χ3v) is 6.67. The van der Waals surface area contributed by atoms with Gasteiger partial charge < -0.3 is 15.8 Å². The number of benzene rings is 1. The van der Waals surface area contributed by atoms with Crippen molar-refractivity contribution in [2.75, 3.05) is 11.9 Å². The van der Waals surface area contributed by atoms with Gasteiger partial charge in [-0.3, -0.25) is 19.6 Å². The summed E-state index contributed by atoms with van der Waals surface area (Å²) in [5.74, 6) is -0.868. The highest BCUT2D eigenvalue weighted by molar-refractivity contribution is 7.20. The predicted molar refractivity (Wildman–Crippen MR) is 144 cm³/mol. The first-order chi connectivity index (χ1) is 17.5. The van der Waals surface area contributed by atoms with E-state index in [2.05, 4.69) is 23.5 Å². The molecule has 1 fully saturated rings. The SMILES string of the molecule is CC.NC(=O)C1CCCO1.O=C(CCCC1=CCCCC=C1)Nc1ccc2sc(C(=O)NO)cc2c1. The maximum absolute atomic E-state index is 12.2. The Balaban J connectivity index is 0.000000384. The summed E-state index contributed by atoms with van der Waals surface area (Å²) in [6.07, 6.45) is 13.8. The van der Waals surface area contributed by atoms with Crippen molar-refractivity contribution in [1.82, 2.24) is 5.48 Å². The van der Waals surface area contributed by atoms with Crippen molar-refractivity contribution in [3.05, 3.63) is 52.9 Å². The number of rotatable bonds is 7. The Kier molecular flexibility index (Phi) is 12.9. The molecule has 36 heavy (non-hydrogen) atoms. The number of fused-ring (bicyclic) bond motifs is 1. The fourth-order valence-electron chi connectivity index (χ4n) is 3.78. The second-order valence-electron chi connectivity index (χ2n) is 8.22. The third-order valence-electron chi connectivity index (χ3n) is 5.56. The van der Waals surface area contributed by atoms with Crippen LogP contribution in [0.25, 0.3) is 10.1 Å². The molecule has 2 aromatic rings. The minimum absolute atomic E-state index is 0.00824. The van der Waals surface area contributed by atoms with Crippen LogP contribution in [0.3, 0.4) is 0 Å². The van der Waals surface area contributed by atoms with Crippen LogP contribution in [0.15, 0.2) is 48.1 Å². The second-order valence-corrected chi connectivity index (χ2v) is 9.31. The molecular weight excluding hydrogens is 478 g/mol. The molecule has 1 atom stereocenters. The molecule has 9 heteroatoms. The number of allylic oxidation sites excluding steroid dienone is 4. The lowest BCUT2D eigenvalue weighted by Gasteiger charge is -2.06. The van der Waals surface area contributed by atoms with Crippen molar-refractivity contribution in [3.8, 4) is 0 Å². The van der Waals surface area contributed by atoms with Gasteiger partial charge in [0.05, 0.1) is 4.88 Å². The normalized spacial score (nSPS) is 16.5. The van der Waals surface area contributed by atoms with Crippen molar-refractivity contribution in [2.24, 2.45) is 5.73 Å². The first-order valence-electron chi connectivity index (χ1n) is 12.5. The van der Waals surface area contributed by atoms with E-state index >= 15 is 0 Å². The van der Waals surface area contributed by atoms with Crippen molar-refractivity contribution in [3.63, 3.8) is 0 Å². The fourth-order valence-corrected chi connectivity index (χ4v) is 4.71. The summed E-state index contributed by atoms with van der Waals surface area (Å²) in [6.45, 7) is 4.69. The number of ether oxygens (including phenoxy) is 1. The summed E-state index contributed by atoms with van der Waals surface area (Å²) in [6, 6.07) is 7.24. The summed E-state index contributed by atoms with van der Waals surface area (Å²) in [5, 5.41) is 12.5. The van der Waals surface area contributed by atoms with Gasteiger partial charge in [0, 0.05) is 23.4 Å². The molecule has 0 bridgehead atoms. The van der Waals surface area contributed by atoms with Crippen molar-refractivity contribution in [2.45, 2.75) is 71.3 Å². The summed E-state index contributed by atoms with van der Waals surface area (Å²) in [5.41, 5.74) is 8.61. The molecule has 0 spiro atoms. The van der Waals surface area contributed by atoms with Crippen molar-refractivity contribution in [1.29, 1.82) is 0 Å². The lowest BCUT2D eigenvalue weighted by Crippen LogP contribution is -2.27. The van der Waals surface area contributed by atoms with Crippen molar-refractivity contribution >= 4 is 44.8 Å². The summed E-state index contributed by atoms with van der Waals surface area (Å²) < 4.78 is 5.86. The molecule has 3 amide bonds. The van der Waals surface area contributed by atoms with Gasteiger partial charge in [-0.25, -0.2) is 5.48 Å². The number of carbonyl (C=O) groups is 3. The lowest BCUT2D eigenvalue weighted by molar-refractivity contribution is -0.126. The van der Waals surface area contributed by atoms with Gasteiger partial charge in [-0.2, -0.15) is 0 Å². The van der Waals surface area contributed by atoms with Crippen LogP contribution in [-0.4, -0.2) is 35.6 Å². The summed E-state index contributed by atoms with van der Waals surface area (Å²) in [7, 11) is 0. The number of hydrogen-bond acceptors (Lipinski definition) is 6. The highest BCUT2D eigenvalue weighted by atomic mass is 32.1. The molecule has 196 valence electrons. The van der Waals surface area contributed by atoms with Crippen LogP contribution in [0.1, 0.15) is 74.9 Å². The van der Waals surface area contributed by atoms with E-state index in [0.717, 1.165) is 48.6 Å². The number of primary amides is 1. The van der Waals surface area contributed by atoms with E-state index in [1.54, 1.807) is 11.5 Å². The molecule has 4 rings (SSSR count). The van der Waals surface area contributed by atoms with Gasteiger partial charge in [-0.05, 0) is 74.6 Å². The highest BCUT2D eigenvalue weighted by Crippen LogP contribution is 2.28. The molecule has 1 aromatic heterocycles. The summed E-state index contributed by atoms with van der Waals surface area (Å²) in [4.78, 5) is 34.4. The Bertz CT molecular complexity index is 1070. The van der Waals surface area contributed by atoms with Crippen LogP contribution >= 0.6 is 11.3 Å². The second kappa shape index (κ2) is 15.9. The average molecular weight is 516 g/mol. The maximum atomic E-state index is 12.2. The van der Waals surface area contributed by atoms with Crippen LogP contribution in [0.4, 0.5) is 5.69 Å². The Morgan fingerprint density at radius 3 is 2.64 bits per heavy atom. The zero-order chi connectivity index (χ0) is 26.3. The molecule has 2 heterocycles. The van der Waals surface area contributed by atoms with E-state index in [4.69, 9.17) is 15.7 Å². The number of nitrogens with two attached hydrogens (primary N) is 1. The number of amides is 3. The van der Waals surface area contributed by atoms with Crippen molar-refractivity contribution < 1.29 is 24.3 Å². The van der Waals surface area contributed by atoms with Gasteiger partial charge in [-0.1, -0.05) is 37.6 Å². The molecule has 5 N–H and O–H groups in total. The Morgan fingerprint density at radius 2 is 1.97 bits per heavy atom. The highest BCUT2D eigenvalue weighted by Gasteiger charge is 2.20. The first-order valence-corrected chi connectivity index (χ1v) is 13.3. The number of thiophene rings is 1. The third kappa shape index (κ3) is 9.56. The van der Waals surface area contributed by atoms with E-state index in [-0.39, 0.29) is 17.9 Å². The number of carbonyl (C=O) groups excluding carboxylic acids is 3. The Morgan fingerprint density at radius 1 is 1.17 bits per heavy atom. The predicted octanol–water partition coefficient (Wildman–Crippen LogP) is 5.47. The molecule has 2 aliphatic rings. The molecule has 1 saturated heterocycles. The number of hydrogen-bond donors (Lipinski definition) is 4. The zero-order valence-corrected chi connectivity index (χ0v) is 21.9. The molecule has 0 saturated carbocycles. The van der Waals surface area contributed by atoms with Crippen LogP contribution < -0.4 is 16.5 Å². The quantitative estimate of drug-likeness (QED) is 0.287. The maximum Gasteiger partial charge on any atom is 0.284 e. The van der Waals surface area contributed by atoms with Crippen LogP contribution in [-0.2, 0) is 14.3 Å². The topological polar surface area (TPSA) is 131 Å². The van der Waals surface area contributed by atoms with Gasteiger partial charge in [-0.15, -0.1) is 11.3 Å². The van der Waals surface area contributed by atoms with Crippen LogP contribution in [0, 0.1) is 0 Å². The lowest BCUT2D eigenvalue weighted by atomic mass is 10.1. The smallest absolute Gasteiger partial charge is 0.284 e. The van der Waals surface area contributed by atoms with Crippen LogP contribution in [0.2, 0.25) is 0 Å². The van der Waals surface area contributed by atoms with E-state index in [9.17, 15) is 14.4 Å². The summed E-state index contributed by atoms with van der Waals surface area (Å²) >= 11 is 1.29. The monoisotopic (exact) mass is 515 g/mol. The molecule has 1 aliphatic carbocycles. The first kappa shape index (κ1) is 29.2. The van der Waals surface area contributed by atoms with E-state index in [1.165, 1.54) is 23.3 Å². The Hall–Kier alpha value is -3.01. The molecule has 0 radical (unpaired) electrons. The molecule has 1 aromatic carbocycles. The largest absolute Gasteiger partial charge is 0.368 e.